The Morgan fingerprint density at radius 1 is 1.44 bits per heavy atom. The average molecular weight is 221 g/mol. The van der Waals surface area contributed by atoms with Crippen LogP contribution in [0, 0.1) is 0 Å². The minimum Gasteiger partial charge on any atom is -0.481 e. The van der Waals surface area contributed by atoms with Crippen LogP contribution in [0.2, 0.25) is 0 Å². The number of hydrogen-bond acceptors (Lipinski definition) is 1. The zero-order valence-corrected chi connectivity index (χ0v) is 9.97. The maximum absolute atomic E-state index is 10.8. The van der Waals surface area contributed by atoms with Crippen molar-refractivity contribution in [2.75, 3.05) is 0 Å². The number of carboxylic acids is 1. The Balaban J connectivity index is 2.26. The molecule has 0 amide bonds. The van der Waals surface area contributed by atoms with Gasteiger partial charge in [-0.3, -0.25) is 4.79 Å². The summed E-state index contributed by atoms with van der Waals surface area (Å²) >= 11 is 0. The summed E-state index contributed by atoms with van der Waals surface area (Å²) in [4.78, 5) is 14.2. The van der Waals surface area contributed by atoms with Crippen LogP contribution in [-0.2, 0) is 23.1 Å². The first kappa shape index (κ1) is 11.2. The van der Waals surface area contributed by atoms with Crippen LogP contribution in [0.25, 0.3) is 0 Å². The number of rotatable bonds is 3. The fourth-order valence-corrected chi connectivity index (χ4v) is 2.44. The third-order valence-corrected chi connectivity index (χ3v) is 3.44. The maximum atomic E-state index is 10.8. The first-order valence-electron chi connectivity index (χ1n) is 5.92. The van der Waals surface area contributed by atoms with Crippen LogP contribution in [0.5, 0.6) is 0 Å². The predicted octanol–water partition coefficient (Wildman–Crippen LogP) is 2.65. The topological polar surface area (TPSA) is 53.1 Å². The van der Waals surface area contributed by atoms with Gasteiger partial charge in [-0.05, 0) is 37.3 Å². The van der Waals surface area contributed by atoms with Crippen LogP contribution in [0.4, 0.5) is 0 Å². The molecule has 0 aromatic carbocycles. The first-order valence-corrected chi connectivity index (χ1v) is 5.92. The number of aromatic amines is 1. The van der Waals surface area contributed by atoms with Crippen LogP contribution >= 0.6 is 0 Å². The lowest BCUT2D eigenvalue weighted by Crippen LogP contribution is -2.22. The molecule has 1 heterocycles. The molecule has 16 heavy (non-hydrogen) atoms. The van der Waals surface area contributed by atoms with Gasteiger partial charge >= 0.3 is 5.97 Å². The van der Waals surface area contributed by atoms with Crippen molar-refractivity contribution in [1.82, 2.24) is 4.98 Å². The van der Waals surface area contributed by atoms with Crippen molar-refractivity contribution < 1.29 is 9.90 Å². The zero-order chi connectivity index (χ0) is 11.8. The molecule has 0 atom stereocenters. The molecule has 1 aromatic heterocycles. The van der Waals surface area contributed by atoms with E-state index in [2.05, 4.69) is 11.1 Å². The predicted molar refractivity (Wildman–Crippen MR) is 62.7 cm³/mol. The molecule has 1 aliphatic rings. The van der Waals surface area contributed by atoms with E-state index in [9.17, 15) is 4.79 Å². The van der Waals surface area contributed by atoms with Crippen LogP contribution in [0.1, 0.15) is 50.1 Å². The van der Waals surface area contributed by atoms with Crippen LogP contribution < -0.4 is 0 Å². The lowest BCUT2D eigenvalue weighted by Gasteiger charge is -2.20. The minimum absolute atomic E-state index is 0.173. The summed E-state index contributed by atoms with van der Waals surface area (Å²) in [5.41, 5.74) is 3.48. The summed E-state index contributed by atoms with van der Waals surface area (Å²) < 4.78 is 0. The van der Waals surface area contributed by atoms with Gasteiger partial charge in [-0.25, -0.2) is 0 Å². The van der Waals surface area contributed by atoms with Crippen molar-refractivity contribution in [3.8, 4) is 0 Å². The highest BCUT2D eigenvalue weighted by atomic mass is 16.4. The van der Waals surface area contributed by atoms with Gasteiger partial charge in [-0.1, -0.05) is 13.8 Å². The highest BCUT2D eigenvalue weighted by molar-refractivity contribution is 5.68. The highest BCUT2D eigenvalue weighted by Crippen LogP contribution is 2.30. The summed E-state index contributed by atoms with van der Waals surface area (Å²) in [5.74, 6) is -0.738. The molecule has 0 aliphatic heterocycles. The lowest BCUT2D eigenvalue weighted by molar-refractivity contribution is -0.138. The number of H-pyrrole nitrogens is 1. The number of fused-ring (bicyclic) bond motifs is 1. The Hall–Kier alpha value is -1.25. The summed E-state index contributed by atoms with van der Waals surface area (Å²) in [6.07, 6.45) is 4.91. The second kappa shape index (κ2) is 3.96. The number of nitrogens with one attached hydrogen (secondary N) is 1. The first-order chi connectivity index (χ1) is 7.49. The van der Waals surface area contributed by atoms with Crippen LogP contribution in [0.3, 0.4) is 0 Å². The fraction of sp³-hybridized carbons (Fsp3) is 0.615. The van der Waals surface area contributed by atoms with Crippen molar-refractivity contribution in [2.24, 2.45) is 0 Å². The smallest absolute Gasteiger partial charge is 0.304 e. The van der Waals surface area contributed by atoms with Gasteiger partial charge in [0, 0.05) is 16.8 Å². The molecule has 2 N–H and O–H groups in total. The molecule has 1 aromatic rings. The highest BCUT2D eigenvalue weighted by Gasteiger charge is 2.27. The van der Waals surface area contributed by atoms with Gasteiger partial charge in [0.15, 0.2) is 0 Å². The van der Waals surface area contributed by atoms with E-state index in [-0.39, 0.29) is 11.8 Å². The molecule has 0 spiro atoms. The van der Waals surface area contributed by atoms with E-state index in [1.54, 1.807) is 0 Å². The maximum Gasteiger partial charge on any atom is 0.304 e. The molecule has 0 unspecified atom stereocenters. The minimum atomic E-state index is -0.738. The second-order valence-corrected chi connectivity index (χ2v) is 5.35. The van der Waals surface area contributed by atoms with Crippen molar-refractivity contribution in [2.45, 2.75) is 51.4 Å². The Kier molecular flexibility index (Phi) is 2.78. The average Bonchev–Trinajstić information content (AvgIpc) is 2.59. The van der Waals surface area contributed by atoms with Crippen molar-refractivity contribution in [1.29, 1.82) is 0 Å². The Bertz CT molecular complexity index is 381. The molecule has 3 heteroatoms. The van der Waals surface area contributed by atoms with E-state index in [1.807, 2.05) is 13.8 Å². The summed E-state index contributed by atoms with van der Waals surface area (Å²) in [6.45, 7) is 3.97. The Labute approximate surface area is 95.9 Å². The van der Waals surface area contributed by atoms with Gasteiger partial charge in [0.25, 0.3) is 0 Å². The van der Waals surface area contributed by atoms with E-state index in [4.69, 9.17) is 5.11 Å². The molecule has 0 bridgehead atoms. The van der Waals surface area contributed by atoms with E-state index < -0.39 is 5.97 Å². The number of aromatic nitrogens is 1. The number of carbonyl (C=O) groups is 1. The van der Waals surface area contributed by atoms with E-state index in [0.717, 1.165) is 18.5 Å². The summed E-state index contributed by atoms with van der Waals surface area (Å²) in [5, 5.41) is 8.90. The Morgan fingerprint density at radius 2 is 2.12 bits per heavy atom. The largest absolute Gasteiger partial charge is 0.481 e. The number of aliphatic carboxylic acids is 1. The lowest BCUT2D eigenvalue weighted by atomic mass is 9.85. The molecule has 88 valence electrons. The molecule has 0 radical (unpaired) electrons. The monoisotopic (exact) mass is 221 g/mol. The standard InChI is InChI=1S/C13H19NO2/c1-13(2,8-12(15)16)11-7-9-5-3-4-6-10(9)14-11/h7,14H,3-6,8H2,1-2H3,(H,15,16). The third-order valence-electron chi connectivity index (χ3n) is 3.44. The van der Waals surface area contributed by atoms with Crippen LogP contribution in [0.15, 0.2) is 6.07 Å². The molecule has 2 rings (SSSR count). The molecular weight excluding hydrogens is 202 g/mol. The van der Waals surface area contributed by atoms with Crippen molar-refractivity contribution in [3.63, 3.8) is 0 Å². The number of carboxylic acid groups (broad SMARTS) is 1. The van der Waals surface area contributed by atoms with Gasteiger partial charge in [0.05, 0.1) is 6.42 Å². The number of hydrogen-bond donors (Lipinski definition) is 2. The zero-order valence-electron chi connectivity index (χ0n) is 9.97. The third kappa shape index (κ3) is 2.13. The Morgan fingerprint density at radius 3 is 2.75 bits per heavy atom. The molecule has 0 saturated heterocycles. The second-order valence-electron chi connectivity index (χ2n) is 5.35. The molecule has 1 aliphatic carbocycles. The fourth-order valence-electron chi connectivity index (χ4n) is 2.44. The summed E-state index contributed by atoms with van der Waals surface area (Å²) in [7, 11) is 0. The quantitative estimate of drug-likeness (QED) is 0.824. The molecule has 0 fully saturated rings. The van der Waals surface area contributed by atoms with Gasteiger partial charge in [-0.15, -0.1) is 0 Å². The summed E-state index contributed by atoms with van der Waals surface area (Å²) in [6, 6.07) is 2.16. The van der Waals surface area contributed by atoms with Crippen LogP contribution in [-0.4, -0.2) is 16.1 Å². The molecule has 3 nitrogen and oxygen atoms in total. The van der Waals surface area contributed by atoms with E-state index >= 15 is 0 Å². The molecule has 0 saturated carbocycles. The van der Waals surface area contributed by atoms with Gasteiger partial charge in [0.2, 0.25) is 0 Å². The van der Waals surface area contributed by atoms with E-state index in [1.165, 1.54) is 24.1 Å². The van der Waals surface area contributed by atoms with E-state index in [0.29, 0.717) is 0 Å². The molecular formula is C13H19NO2. The van der Waals surface area contributed by atoms with Crippen molar-refractivity contribution >= 4 is 5.97 Å². The SMILES string of the molecule is CC(C)(CC(=O)O)c1cc2c([nH]1)CCCC2. The van der Waals surface area contributed by atoms with Gasteiger partial charge < -0.3 is 10.1 Å². The van der Waals surface area contributed by atoms with Gasteiger partial charge in [0.1, 0.15) is 0 Å². The normalized spacial score (nSPS) is 15.9. The van der Waals surface area contributed by atoms with Crippen molar-refractivity contribution in [3.05, 3.63) is 23.0 Å². The number of aryl methyl sites for hydroxylation is 2. The van der Waals surface area contributed by atoms with Gasteiger partial charge in [-0.2, -0.15) is 0 Å².